The summed E-state index contributed by atoms with van der Waals surface area (Å²) in [5.41, 5.74) is 0.766. The minimum Gasteiger partial charge on any atom is -0.493 e. The summed E-state index contributed by atoms with van der Waals surface area (Å²) in [6, 6.07) is 5.33. The fraction of sp³-hybridized carbons (Fsp3) is 0.444. The van der Waals surface area contributed by atoms with Gasteiger partial charge in [0.15, 0.2) is 11.5 Å². The van der Waals surface area contributed by atoms with Gasteiger partial charge < -0.3 is 19.5 Å². The Morgan fingerprint density at radius 2 is 1.80 bits per heavy atom. The molecule has 0 bridgehead atoms. The molecule has 0 fully saturated rings. The highest BCUT2D eigenvalue weighted by molar-refractivity contribution is 5.91. The Morgan fingerprint density at radius 3 is 2.32 bits per heavy atom. The quantitative estimate of drug-likeness (QED) is 0.795. The third kappa shape index (κ3) is 4.65. The predicted molar refractivity (Wildman–Crippen MR) is 95.5 cm³/mol. The van der Waals surface area contributed by atoms with Crippen LogP contribution in [0.5, 0.6) is 17.2 Å². The van der Waals surface area contributed by atoms with E-state index < -0.39 is 0 Å². The molecule has 1 aromatic heterocycles. The third-order valence-electron chi connectivity index (χ3n) is 3.61. The summed E-state index contributed by atoms with van der Waals surface area (Å²) in [4.78, 5) is 12.4. The summed E-state index contributed by atoms with van der Waals surface area (Å²) in [5.74, 6) is 2.53. The zero-order valence-electron chi connectivity index (χ0n) is 15.3. The van der Waals surface area contributed by atoms with E-state index in [0.29, 0.717) is 29.0 Å². The average molecular weight is 347 g/mol. The number of rotatable bonds is 8. The minimum absolute atomic E-state index is 0.139. The van der Waals surface area contributed by atoms with Crippen LogP contribution in [0.1, 0.15) is 19.4 Å². The predicted octanol–water partition coefficient (Wildman–Crippen LogP) is 2.75. The first kappa shape index (κ1) is 18.6. The third-order valence-corrected chi connectivity index (χ3v) is 3.61. The van der Waals surface area contributed by atoms with Crippen LogP contribution >= 0.6 is 0 Å². The van der Waals surface area contributed by atoms with E-state index in [9.17, 15) is 4.79 Å². The van der Waals surface area contributed by atoms with Crippen molar-refractivity contribution in [1.82, 2.24) is 9.78 Å². The highest BCUT2D eigenvalue weighted by Crippen LogP contribution is 2.38. The lowest BCUT2D eigenvalue weighted by Gasteiger charge is -2.14. The first-order valence-corrected chi connectivity index (χ1v) is 8.09. The van der Waals surface area contributed by atoms with Crippen LogP contribution in [0, 0.1) is 5.92 Å². The number of carbonyl (C=O) groups excluding carboxylic acids is 1. The molecule has 25 heavy (non-hydrogen) atoms. The van der Waals surface area contributed by atoms with E-state index in [4.69, 9.17) is 14.2 Å². The number of anilines is 1. The van der Waals surface area contributed by atoms with Crippen molar-refractivity contribution in [2.45, 2.75) is 26.8 Å². The molecule has 1 N–H and O–H groups in total. The second-order valence-electron chi connectivity index (χ2n) is 6.05. The Kier molecular flexibility index (Phi) is 6.27. The number of hydrogen-bond acceptors (Lipinski definition) is 5. The van der Waals surface area contributed by atoms with Gasteiger partial charge in [-0.3, -0.25) is 4.79 Å². The molecular formula is C18H25N3O4. The van der Waals surface area contributed by atoms with Crippen molar-refractivity contribution in [2.24, 2.45) is 5.92 Å². The van der Waals surface area contributed by atoms with Gasteiger partial charge in [0.05, 0.1) is 33.9 Å². The zero-order valence-corrected chi connectivity index (χ0v) is 15.3. The fourth-order valence-corrected chi connectivity index (χ4v) is 2.54. The highest BCUT2D eigenvalue weighted by atomic mass is 16.5. The SMILES string of the molecule is COc1cc(CC(=O)Nc2ccnn2CC(C)C)cc(OC)c1OC. The van der Waals surface area contributed by atoms with E-state index in [2.05, 4.69) is 24.3 Å². The standard InChI is InChI=1S/C18H25N3O4/c1-12(2)11-21-16(6-7-19-21)20-17(22)10-13-8-14(23-3)18(25-5)15(9-13)24-4/h6-9,12H,10-11H2,1-5H3,(H,20,22). The van der Waals surface area contributed by atoms with Crippen LogP contribution in [-0.4, -0.2) is 37.0 Å². The molecule has 2 rings (SSSR count). The van der Waals surface area contributed by atoms with Crippen LogP contribution in [0.15, 0.2) is 24.4 Å². The van der Waals surface area contributed by atoms with Gasteiger partial charge in [-0.15, -0.1) is 0 Å². The number of benzene rings is 1. The molecule has 0 unspecified atom stereocenters. The molecule has 0 aliphatic rings. The molecule has 0 aliphatic heterocycles. The molecule has 2 aromatic rings. The summed E-state index contributed by atoms with van der Waals surface area (Å²) >= 11 is 0. The Bertz CT molecular complexity index is 700. The van der Waals surface area contributed by atoms with Crippen LogP contribution in [0.3, 0.4) is 0 Å². The Balaban J connectivity index is 2.14. The van der Waals surface area contributed by atoms with Crippen molar-refractivity contribution in [3.63, 3.8) is 0 Å². The zero-order chi connectivity index (χ0) is 18.4. The van der Waals surface area contributed by atoms with Crippen LogP contribution < -0.4 is 19.5 Å². The first-order valence-electron chi connectivity index (χ1n) is 8.09. The van der Waals surface area contributed by atoms with Gasteiger partial charge in [-0.05, 0) is 23.6 Å². The molecule has 0 saturated carbocycles. The molecule has 1 amide bonds. The summed E-state index contributed by atoms with van der Waals surface area (Å²) in [6.07, 6.45) is 1.86. The average Bonchev–Trinajstić information content (AvgIpc) is 2.99. The second kappa shape index (κ2) is 8.41. The number of hydrogen-bond donors (Lipinski definition) is 1. The van der Waals surface area contributed by atoms with Crippen LogP contribution in [0.4, 0.5) is 5.82 Å². The van der Waals surface area contributed by atoms with Crippen molar-refractivity contribution in [3.8, 4) is 17.2 Å². The van der Waals surface area contributed by atoms with Crippen LogP contribution in [0.25, 0.3) is 0 Å². The fourth-order valence-electron chi connectivity index (χ4n) is 2.54. The second-order valence-corrected chi connectivity index (χ2v) is 6.05. The normalized spacial score (nSPS) is 10.6. The van der Waals surface area contributed by atoms with Gasteiger partial charge in [0.2, 0.25) is 11.7 Å². The maximum Gasteiger partial charge on any atom is 0.229 e. The summed E-state index contributed by atoms with van der Waals surface area (Å²) in [7, 11) is 4.64. The number of nitrogens with one attached hydrogen (secondary N) is 1. The van der Waals surface area contributed by atoms with E-state index in [1.807, 2.05) is 0 Å². The van der Waals surface area contributed by atoms with Gasteiger partial charge >= 0.3 is 0 Å². The molecule has 1 heterocycles. The van der Waals surface area contributed by atoms with E-state index in [0.717, 1.165) is 12.1 Å². The molecule has 7 heteroatoms. The molecule has 7 nitrogen and oxygen atoms in total. The Hall–Kier alpha value is -2.70. The first-order chi connectivity index (χ1) is 12.0. The van der Waals surface area contributed by atoms with Crippen molar-refractivity contribution >= 4 is 11.7 Å². The van der Waals surface area contributed by atoms with Crippen LogP contribution in [-0.2, 0) is 17.8 Å². The summed E-state index contributed by atoms with van der Waals surface area (Å²) in [6.45, 7) is 4.94. The van der Waals surface area contributed by atoms with Gasteiger partial charge in [0.25, 0.3) is 0 Å². The van der Waals surface area contributed by atoms with Gasteiger partial charge in [0, 0.05) is 12.6 Å². The molecule has 0 radical (unpaired) electrons. The molecular weight excluding hydrogens is 322 g/mol. The number of carbonyl (C=O) groups is 1. The number of ether oxygens (including phenoxy) is 3. The highest BCUT2D eigenvalue weighted by Gasteiger charge is 2.15. The van der Waals surface area contributed by atoms with Gasteiger partial charge in [-0.1, -0.05) is 13.8 Å². The number of amides is 1. The van der Waals surface area contributed by atoms with Gasteiger partial charge in [-0.2, -0.15) is 5.10 Å². The number of nitrogens with zero attached hydrogens (tertiary/aromatic N) is 2. The lowest BCUT2D eigenvalue weighted by atomic mass is 10.1. The number of aromatic nitrogens is 2. The molecule has 1 aromatic carbocycles. The lowest BCUT2D eigenvalue weighted by molar-refractivity contribution is -0.115. The van der Waals surface area contributed by atoms with E-state index in [1.165, 1.54) is 0 Å². The Morgan fingerprint density at radius 1 is 1.16 bits per heavy atom. The van der Waals surface area contributed by atoms with Crippen molar-refractivity contribution < 1.29 is 19.0 Å². The summed E-state index contributed by atoms with van der Waals surface area (Å²) < 4.78 is 17.7. The number of methoxy groups -OCH3 is 3. The molecule has 0 spiro atoms. The Labute approximate surface area is 147 Å². The largest absolute Gasteiger partial charge is 0.493 e. The van der Waals surface area contributed by atoms with E-state index in [1.54, 1.807) is 50.4 Å². The molecule has 136 valence electrons. The van der Waals surface area contributed by atoms with Gasteiger partial charge in [-0.25, -0.2) is 4.68 Å². The maximum absolute atomic E-state index is 12.4. The monoisotopic (exact) mass is 347 g/mol. The maximum atomic E-state index is 12.4. The van der Waals surface area contributed by atoms with E-state index in [-0.39, 0.29) is 12.3 Å². The molecule has 0 saturated heterocycles. The topological polar surface area (TPSA) is 74.6 Å². The van der Waals surface area contributed by atoms with E-state index >= 15 is 0 Å². The summed E-state index contributed by atoms with van der Waals surface area (Å²) in [5, 5.41) is 7.14. The van der Waals surface area contributed by atoms with Crippen molar-refractivity contribution in [2.75, 3.05) is 26.6 Å². The molecule has 0 aliphatic carbocycles. The smallest absolute Gasteiger partial charge is 0.229 e. The van der Waals surface area contributed by atoms with Gasteiger partial charge in [0.1, 0.15) is 5.82 Å². The van der Waals surface area contributed by atoms with Crippen molar-refractivity contribution in [1.29, 1.82) is 0 Å². The van der Waals surface area contributed by atoms with Crippen molar-refractivity contribution in [3.05, 3.63) is 30.0 Å². The minimum atomic E-state index is -0.139. The van der Waals surface area contributed by atoms with Crippen LogP contribution in [0.2, 0.25) is 0 Å². The molecule has 0 atom stereocenters. The lowest BCUT2D eigenvalue weighted by Crippen LogP contribution is -2.19.